The molecule has 0 bridgehead atoms. The second-order valence-electron chi connectivity index (χ2n) is 4.67. The first-order valence-corrected chi connectivity index (χ1v) is 6.30. The zero-order valence-electron chi connectivity index (χ0n) is 11.1. The van der Waals surface area contributed by atoms with Gasteiger partial charge in [-0.2, -0.15) is 0 Å². The number of nitrogens with one attached hydrogen (secondary N) is 2. The number of anilines is 1. The number of hydrogen-bond donors (Lipinski definition) is 3. The van der Waals surface area contributed by atoms with E-state index in [1.165, 1.54) is 0 Å². The molecular formula is C14H22N2O2. The molecule has 100 valence electrons. The van der Waals surface area contributed by atoms with Gasteiger partial charge in [0.1, 0.15) is 0 Å². The van der Waals surface area contributed by atoms with Gasteiger partial charge >= 0.3 is 0 Å². The molecule has 0 fully saturated rings. The minimum atomic E-state index is -0.0446. The van der Waals surface area contributed by atoms with Crippen LogP contribution in [0.4, 0.5) is 5.69 Å². The molecule has 4 nitrogen and oxygen atoms in total. The molecule has 1 unspecified atom stereocenters. The van der Waals surface area contributed by atoms with E-state index < -0.39 is 0 Å². The van der Waals surface area contributed by atoms with Gasteiger partial charge in [0, 0.05) is 12.3 Å². The zero-order valence-corrected chi connectivity index (χ0v) is 11.1. The van der Waals surface area contributed by atoms with Crippen LogP contribution in [0.5, 0.6) is 0 Å². The van der Waals surface area contributed by atoms with Crippen LogP contribution < -0.4 is 10.6 Å². The Kier molecular flexibility index (Phi) is 6.39. The van der Waals surface area contributed by atoms with Crippen molar-refractivity contribution in [3.63, 3.8) is 0 Å². The lowest BCUT2D eigenvalue weighted by atomic mass is 10.1. The third-order valence-electron chi connectivity index (χ3n) is 2.70. The van der Waals surface area contributed by atoms with Gasteiger partial charge in [0.25, 0.3) is 0 Å². The van der Waals surface area contributed by atoms with Crippen molar-refractivity contribution >= 4 is 11.6 Å². The van der Waals surface area contributed by atoms with Gasteiger partial charge in [-0.15, -0.1) is 0 Å². The quantitative estimate of drug-likeness (QED) is 0.688. The first-order chi connectivity index (χ1) is 8.61. The Morgan fingerprint density at radius 1 is 1.44 bits per heavy atom. The fraction of sp³-hybridized carbons (Fsp3) is 0.500. The molecule has 0 saturated carbocycles. The van der Waals surface area contributed by atoms with Gasteiger partial charge in [-0.1, -0.05) is 19.1 Å². The average Bonchev–Trinajstić information content (AvgIpc) is 2.29. The van der Waals surface area contributed by atoms with Crippen LogP contribution >= 0.6 is 0 Å². The number of carbonyl (C=O) groups excluding carboxylic acids is 1. The molecule has 18 heavy (non-hydrogen) atoms. The molecule has 1 aromatic carbocycles. The van der Waals surface area contributed by atoms with Crippen molar-refractivity contribution in [3.8, 4) is 0 Å². The molecule has 4 heteroatoms. The van der Waals surface area contributed by atoms with Crippen LogP contribution in [-0.4, -0.2) is 30.7 Å². The molecular weight excluding hydrogens is 228 g/mol. The van der Waals surface area contributed by atoms with Crippen LogP contribution in [0, 0.1) is 12.8 Å². The predicted octanol–water partition coefficient (Wildman–Crippen LogP) is 1.54. The Bertz CT molecular complexity index is 380. The standard InChI is InChI=1S/C14H22N2O2/c1-11-4-3-5-13(8-11)16-14(18)10-15-9-12(2)6-7-17/h3-5,8,12,15,17H,6-7,9-10H2,1-2H3,(H,16,18). The van der Waals surface area contributed by atoms with Gasteiger partial charge in [0.05, 0.1) is 6.54 Å². The van der Waals surface area contributed by atoms with E-state index in [0.29, 0.717) is 12.5 Å². The van der Waals surface area contributed by atoms with E-state index in [4.69, 9.17) is 5.11 Å². The second kappa shape index (κ2) is 7.84. The van der Waals surface area contributed by atoms with E-state index in [2.05, 4.69) is 10.6 Å². The molecule has 0 radical (unpaired) electrons. The summed E-state index contributed by atoms with van der Waals surface area (Å²) in [4.78, 5) is 11.6. The molecule has 3 N–H and O–H groups in total. The molecule has 0 saturated heterocycles. The van der Waals surface area contributed by atoms with Crippen LogP contribution in [-0.2, 0) is 4.79 Å². The maximum atomic E-state index is 11.6. The molecule has 0 aromatic heterocycles. The van der Waals surface area contributed by atoms with Gasteiger partial charge in [-0.25, -0.2) is 0 Å². The van der Waals surface area contributed by atoms with Crippen LogP contribution in [0.2, 0.25) is 0 Å². The van der Waals surface area contributed by atoms with Crippen LogP contribution in [0.25, 0.3) is 0 Å². The van der Waals surface area contributed by atoms with Gasteiger partial charge in [0.15, 0.2) is 0 Å². The highest BCUT2D eigenvalue weighted by molar-refractivity contribution is 5.92. The van der Waals surface area contributed by atoms with Crippen LogP contribution in [0.15, 0.2) is 24.3 Å². The van der Waals surface area contributed by atoms with Crippen molar-refractivity contribution in [1.29, 1.82) is 0 Å². The van der Waals surface area contributed by atoms with Crippen molar-refractivity contribution in [3.05, 3.63) is 29.8 Å². The van der Waals surface area contributed by atoms with E-state index in [0.717, 1.165) is 24.2 Å². The summed E-state index contributed by atoms with van der Waals surface area (Å²) in [5.41, 5.74) is 1.95. The second-order valence-corrected chi connectivity index (χ2v) is 4.67. The number of amides is 1. The predicted molar refractivity (Wildman–Crippen MR) is 73.5 cm³/mol. The monoisotopic (exact) mass is 250 g/mol. The Morgan fingerprint density at radius 2 is 2.22 bits per heavy atom. The highest BCUT2D eigenvalue weighted by Gasteiger charge is 2.04. The summed E-state index contributed by atoms with van der Waals surface area (Å²) in [6, 6.07) is 7.72. The summed E-state index contributed by atoms with van der Waals surface area (Å²) in [5.74, 6) is 0.332. The maximum Gasteiger partial charge on any atom is 0.238 e. The molecule has 1 amide bonds. The molecule has 1 aromatic rings. The van der Waals surface area contributed by atoms with E-state index in [9.17, 15) is 4.79 Å². The van der Waals surface area contributed by atoms with Gasteiger partial charge in [0.2, 0.25) is 5.91 Å². The molecule has 1 rings (SSSR count). The third kappa shape index (κ3) is 5.80. The van der Waals surface area contributed by atoms with Crippen molar-refractivity contribution in [2.24, 2.45) is 5.92 Å². The van der Waals surface area contributed by atoms with Crippen molar-refractivity contribution in [2.45, 2.75) is 20.3 Å². The fourth-order valence-electron chi connectivity index (χ4n) is 1.68. The molecule has 0 heterocycles. The molecule has 1 atom stereocenters. The van der Waals surface area contributed by atoms with Gasteiger partial charge < -0.3 is 15.7 Å². The summed E-state index contributed by atoms with van der Waals surface area (Å²) in [6.07, 6.45) is 0.756. The number of carbonyl (C=O) groups is 1. The van der Waals surface area contributed by atoms with Crippen LogP contribution in [0.1, 0.15) is 18.9 Å². The minimum Gasteiger partial charge on any atom is -0.396 e. The van der Waals surface area contributed by atoms with Gasteiger partial charge in [-0.05, 0) is 43.5 Å². The SMILES string of the molecule is Cc1cccc(NC(=O)CNCC(C)CCO)c1. The number of rotatable bonds is 7. The number of hydrogen-bond acceptors (Lipinski definition) is 3. The lowest BCUT2D eigenvalue weighted by Gasteiger charge is -2.11. The minimum absolute atomic E-state index is 0.0446. The van der Waals surface area contributed by atoms with Crippen molar-refractivity contribution in [1.82, 2.24) is 5.32 Å². The Balaban J connectivity index is 2.25. The van der Waals surface area contributed by atoms with E-state index in [1.54, 1.807) is 0 Å². The lowest BCUT2D eigenvalue weighted by molar-refractivity contribution is -0.115. The number of aryl methyl sites for hydroxylation is 1. The normalized spacial score (nSPS) is 12.2. The molecule has 0 aliphatic carbocycles. The zero-order chi connectivity index (χ0) is 13.4. The highest BCUT2D eigenvalue weighted by Crippen LogP contribution is 2.08. The van der Waals surface area contributed by atoms with E-state index in [1.807, 2.05) is 38.1 Å². The van der Waals surface area contributed by atoms with Crippen molar-refractivity contribution < 1.29 is 9.90 Å². The molecule has 0 aliphatic heterocycles. The van der Waals surface area contributed by atoms with Crippen LogP contribution in [0.3, 0.4) is 0 Å². The number of aliphatic hydroxyl groups excluding tert-OH is 1. The maximum absolute atomic E-state index is 11.6. The first-order valence-electron chi connectivity index (χ1n) is 6.30. The van der Waals surface area contributed by atoms with Crippen molar-refractivity contribution in [2.75, 3.05) is 25.0 Å². The summed E-state index contributed by atoms with van der Waals surface area (Å²) in [6.45, 7) is 5.26. The Morgan fingerprint density at radius 3 is 2.89 bits per heavy atom. The topological polar surface area (TPSA) is 61.4 Å². The highest BCUT2D eigenvalue weighted by atomic mass is 16.3. The smallest absolute Gasteiger partial charge is 0.238 e. The molecule has 0 aliphatic rings. The van der Waals surface area contributed by atoms with E-state index >= 15 is 0 Å². The Labute approximate surface area is 108 Å². The number of aliphatic hydroxyl groups is 1. The lowest BCUT2D eigenvalue weighted by Crippen LogP contribution is -2.31. The summed E-state index contributed by atoms with van der Waals surface area (Å²) < 4.78 is 0. The largest absolute Gasteiger partial charge is 0.396 e. The fourth-order valence-corrected chi connectivity index (χ4v) is 1.68. The molecule has 0 spiro atoms. The Hall–Kier alpha value is -1.39. The third-order valence-corrected chi connectivity index (χ3v) is 2.70. The van der Waals surface area contributed by atoms with E-state index in [-0.39, 0.29) is 12.5 Å². The first kappa shape index (κ1) is 14.7. The summed E-state index contributed by atoms with van der Waals surface area (Å²) in [5, 5.41) is 14.7. The number of benzene rings is 1. The van der Waals surface area contributed by atoms with Gasteiger partial charge in [-0.3, -0.25) is 4.79 Å². The average molecular weight is 250 g/mol. The summed E-state index contributed by atoms with van der Waals surface area (Å²) >= 11 is 0. The summed E-state index contributed by atoms with van der Waals surface area (Å²) in [7, 11) is 0.